The second kappa shape index (κ2) is 6.02. The molecule has 0 aromatic rings. The summed E-state index contributed by atoms with van der Waals surface area (Å²) in [6.07, 6.45) is 7.04. The Morgan fingerprint density at radius 3 is 2.81 bits per heavy atom. The van der Waals surface area contributed by atoms with Crippen molar-refractivity contribution in [2.24, 2.45) is 17.8 Å². The van der Waals surface area contributed by atoms with Crippen LogP contribution in [0.15, 0.2) is 0 Å². The molecule has 1 aliphatic carbocycles. The number of rotatable bonds is 6. The average Bonchev–Trinajstić information content (AvgIpc) is 2.88. The molecule has 1 heterocycles. The van der Waals surface area contributed by atoms with E-state index in [1.54, 1.807) is 0 Å². The van der Waals surface area contributed by atoms with E-state index in [1.165, 1.54) is 51.7 Å². The molecule has 3 atom stereocenters. The predicted molar refractivity (Wildman–Crippen MR) is 69.6 cm³/mol. The van der Waals surface area contributed by atoms with Crippen molar-refractivity contribution in [3.8, 4) is 0 Å². The van der Waals surface area contributed by atoms with E-state index in [1.807, 2.05) is 0 Å². The Bertz CT molecular complexity index is 201. The zero-order chi connectivity index (χ0) is 11.4. The molecule has 1 saturated carbocycles. The first-order valence-electron chi connectivity index (χ1n) is 7.29. The van der Waals surface area contributed by atoms with Gasteiger partial charge in [-0.05, 0) is 43.7 Å². The van der Waals surface area contributed by atoms with E-state index >= 15 is 0 Å². The van der Waals surface area contributed by atoms with Crippen molar-refractivity contribution in [2.75, 3.05) is 19.6 Å². The average molecular weight is 224 g/mol. The van der Waals surface area contributed by atoms with Crippen LogP contribution in [0.1, 0.15) is 46.0 Å². The third kappa shape index (κ3) is 2.78. The lowest BCUT2D eigenvalue weighted by Crippen LogP contribution is -2.39. The van der Waals surface area contributed by atoms with Gasteiger partial charge in [-0.15, -0.1) is 0 Å². The van der Waals surface area contributed by atoms with E-state index in [2.05, 4.69) is 24.5 Å². The molecule has 0 amide bonds. The van der Waals surface area contributed by atoms with E-state index < -0.39 is 0 Å². The summed E-state index contributed by atoms with van der Waals surface area (Å²) in [6, 6.07) is 0.766. The van der Waals surface area contributed by atoms with Crippen molar-refractivity contribution in [1.82, 2.24) is 10.6 Å². The molecule has 0 radical (unpaired) electrons. The highest BCUT2D eigenvalue weighted by Crippen LogP contribution is 2.37. The van der Waals surface area contributed by atoms with Crippen LogP contribution < -0.4 is 10.6 Å². The Morgan fingerprint density at radius 2 is 2.06 bits per heavy atom. The fourth-order valence-electron chi connectivity index (χ4n) is 3.55. The Balaban J connectivity index is 1.66. The summed E-state index contributed by atoms with van der Waals surface area (Å²) in [6.45, 7) is 8.29. The molecule has 94 valence electrons. The predicted octanol–water partition coefficient (Wildman–Crippen LogP) is 2.40. The summed E-state index contributed by atoms with van der Waals surface area (Å²) >= 11 is 0. The summed E-state index contributed by atoms with van der Waals surface area (Å²) in [5.41, 5.74) is 0. The van der Waals surface area contributed by atoms with Crippen LogP contribution in [0.5, 0.6) is 0 Å². The van der Waals surface area contributed by atoms with Gasteiger partial charge in [-0.1, -0.05) is 33.1 Å². The summed E-state index contributed by atoms with van der Waals surface area (Å²) < 4.78 is 0. The Labute approximate surface area is 101 Å². The van der Waals surface area contributed by atoms with Gasteiger partial charge in [0.25, 0.3) is 0 Å². The SMILES string of the molecule is CCC(CC)CNCC1NCC2CCCC21. The molecule has 16 heavy (non-hydrogen) atoms. The lowest BCUT2D eigenvalue weighted by Gasteiger charge is -2.20. The molecule has 3 unspecified atom stereocenters. The monoisotopic (exact) mass is 224 g/mol. The van der Waals surface area contributed by atoms with Gasteiger partial charge in [0.1, 0.15) is 0 Å². The lowest BCUT2D eigenvalue weighted by atomic mass is 9.94. The minimum absolute atomic E-state index is 0.766. The van der Waals surface area contributed by atoms with Gasteiger partial charge in [-0.25, -0.2) is 0 Å². The van der Waals surface area contributed by atoms with Gasteiger partial charge < -0.3 is 10.6 Å². The highest BCUT2D eigenvalue weighted by atomic mass is 15.0. The number of fused-ring (bicyclic) bond motifs is 1. The Hall–Kier alpha value is -0.0800. The Morgan fingerprint density at radius 1 is 1.25 bits per heavy atom. The van der Waals surface area contributed by atoms with Crippen molar-refractivity contribution >= 4 is 0 Å². The molecule has 2 rings (SSSR count). The molecule has 0 spiro atoms. The number of hydrogen-bond donors (Lipinski definition) is 2. The smallest absolute Gasteiger partial charge is 0.0223 e. The quantitative estimate of drug-likeness (QED) is 0.724. The third-order valence-corrected chi connectivity index (χ3v) is 4.83. The van der Waals surface area contributed by atoms with Gasteiger partial charge in [0.05, 0.1) is 0 Å². The van der Waals surface area contributed by atoms with Gasteiger partial charge in [-0.3, -0.25) is 0 Å². The number of nitrogens with one attached hydrogen (secondary N) is 2. The van der Waals surface area contributed by atoms with E-state index in [9.17, 15) is 0 Å². The van der Waals surface area contributed by atoms with Crippen LogP contribution in [-0.2, 0) is 0 Å². The van der Waals surface area contributed by atoms with Gasteiger partial charge in [0, 0.05) is 12.6 Å². The third-order valence-electron chi connectivity index (χ3n) is 4.83. The zero-order valence-corrected chi connectivity index (χ0v) is 11.0. The zero-order valence-electron chi connectivity index (χ0n) is 11.0. The Kier molecular flexibility index (Phi) is 4.66. The fraction of sp³-hybridized carbons (Fsp3) is 1.00. The van der Waals surface area contributed by atoms with E-state index in [-0.39, 0.29) is 0 Å². The van der Waals surface area contributed by atoms with Gasteiger partial charge in [-0.2, -0.15) is 0 Å². The normalized spacial score (nSPS) is 33.6. The maximum absolute atomic E-state index is 3.71. The van der Waals surface area contributed by atoms with Gasteiger partial charge >= 0.3 is 0 Å². The summed E-state index contributed by atoms with van der Waals surface area (Å²) in [7, 11) is 0. The highest BCUT2D eigenvalue weighted by molar-refractivity contribution is 4.94. The van der Waals surface area contributed by atoms with Crippen molar-refractivity contribution in [3.05, 3.63) is 0 Å². The molecule has 2 fully saturated rings. The molecule has 1 aliphatic heterocycles. The highest BCUT2D eigenvalue weighted by Gasteiger charge is 2.38. The molecule has 0 aromatic heterocycles. The van der Waals surface area contributed by atoms with Crippen molar-refractivity contribution < 1.29 is 0 Å². The first kappa shape index (κ1) is 12.4. The summed E-state index contributed by atoms with van der Waals surface area (Å²) in [5.74, 6) is 2.86. The van der Waals surface area contributed by atoms with Crippen LogP contribution >= 0.6 is 0 Å². The van der Waals surface area contributed by atoms with Crippen LogP contribution in [0.2, 0.25) is 0 Å². The van der Waals surface area contributed by atoms with Crippen LogP contribution in [0.3, 0.4) is 0 Å². The van der Waals surface area contributed by atoms with Crippen molar-refractivity contribution in [3.63, 3.8) is 0 Å². The lowest BCUT2D eigenvalue weighted by molar-refractivity contribution is 0.372. The van der Waals surface area contributed by atoms with E-state index in [0.717, 1.165) is 23.8 Å². The molecule has 1 saturated heterocycles. The molecule has 2 heteroatoms. The van der Waals surface area contributed by atoms with Crippen LogP contribution in [0, 0.1) is 17.8 Å². The summed E-state index contributed by atoms with van der Waals surface area (Å²) in [5, 5.41) is 7.39. The maximum atomic E-state index is 3.71. The van der Waals surface area contributed by atoms with E-state index in [4.69, 9.17) is 0 Å². The minimum atomic E-state index is 0.766. The largest absolute Gasteiger partial charge is 0.315 e. The van der Waals surface area contributed by atoms with Gasteiger partial charge in [0.2, 0.25) is 0 Å². The molecule has 0 aromatic carbocycles. The van der Waals surface area contributed by atoms with E-state index in [0.29, 0.717) is 0 Å². The van der Waals surface area contributed by atoms with Crippen LogP contribution in [-0.4, -0.2) is 25.7 Å². The maximum Gasteiger partial charge on any atom is 0.0223 e. The molecule has 2 nitrogen and oxygen atoms in total. The minimum Gasteiger partial charge on any atom is -0.315 e. The first-order valence-corrected chi connectivity index (χ1v) is 7.29. The molecule has 0 bridgehead atoms. The summed E-state index contributed by atoms with van der Waals surface area (Å²) in [4.78, 5) is 0. The molecular weight excluding hydrogens is 196 g/mol. The van der Waals surface area contributed by atoms with Crippen molar-refractivity contribution in [2.45, 2.75) is 52.0 Å². The number of hydrogen-bond acceptors (Lipinski definition) is 2. The van der Waals surface area contributed by atoms with Crippen molar-refractivity contribution in [1.29, 1.82) is 0 Å². The van der Waals surface area contributed by atoms with Crippen LogP contribution in [0.4, 0.5) is 0 Å². The topological polar surface area (TPSA) is 24.1 Å². The fourth-order valence-corrected chi connectivity index (χ4v) is 3.55. The standard InChI is InChI=1S/C14H28N2/c1-3-11(4-2)8-15-10-14-13-7-5-6-12(13)9-16-14/h11-16H,3-10H2,1-2H3. The first-order chi connectivity index (χ1) is 7.85. The molecular formula is C14H28N2. The van der Waals surface area contributed by atoms with Crippen LogP contribution in [0.25, 0.3) is 0 Å². The van der Waals surface area contributed by atoms with Gasteiger partial charge in [0.15, 0.2) is 0 Å². The molecule has 2 N–H and O–H groups in total. The second-order valence-electron chi connectivity index (χ2n) is 5.71. The second-order valence-corrected chi connectivity index (χ2v) is 5.71. The molecule has 2 aliphatic rings.